The molecule has 136 valence electrons. The van der Waals surface area contributed by atoms with Gasteiger partial charge >= 0.3 is 0 Å². The Morgan fingerprint density at radius 1 is 1.36 bits per heavy atom. The minimum absolute atomic E-state index is 0.00215. The SMILES string of the molecule is CC[C@@H](N)[C@]1(CC)CC[C@@H](Oc2cc3cc[nH]c(=O)c3cc2F)CC1. The highest BCUT2D eigenvalue weighted by Crippen LogP contribution is 2.43. The summed E-state index contributed by atoms with van der Waals surface area (Å²) in [6.45, 7) is 4.34. The van der Waals surface area contributed by atoms with Crippen LogP contribution in [0.1, 0.15) is 52.4 Å². The summed E-state index contributed by atoms with van der Waals surface area (Å²) in [5, 5.41) is 1.03. The van der Waals surface area contributed by atoms with Crippen molar-refractivity contribution in [3.05, 3.63) is 40.6 Å². The van der Waals surface area contributed by atoms with E-state index >= 15 is 0 Å². The molecule has 1 atom stereocenters. The number of aromatic amines is 1. The quantitative estimate of drug-likeness (QED) is 0.855. The van der Waals surface area contributed by atoms with Crippen molar-refractivity contribution in [2.24, 2.45) is 11.1 Å². The van der Waals surface area contributed by atoms with E-state index in [2.05, 4.69) is 18.8 Å². The molecule has 3 rings (SSSR count). The first kappa shape index (κ1) is 17.9. The molecule has 1 aliphatic carbocycles. The zero-order chi connectivity index (χ0) is 18.0. The van der Waals surface area contributed by atoms with Gasteiger partial charge in [-0.25, -0.2) is 4.39 Å². The molecule has 5 heteroatoms. The lowest BCUT2D eigenvalue weighted by atomic mass is 9.66. The van der Waals surface area contributed by atoms with Crippen LogP contribution in [0.3, 0.4) is 0 Å². The smallest absolute Gasteiger partial charge is 0.255 e. The lowest BCUT2D eigenvalue weighted by Gasteiger charge is -2.43. The van der Waals surface area contributed by atoms with E-state index in [1.807, 2.05) is 0 Å². The lowest BCUT2D eigenvalue weighted by Crippen LogP contribution is -2.45. The third-order valence-electron chi connectivity index (χ3n) is 5.98. The summed E-state index contributed by atoms with van der Waals surface area (Å²) in [5.74, 6) is -0.256. The molecule has 0 radical (unpaired) electrons. The predicted octanol–water partition coefficient (Wildman–Crippen LogP) is 4.12. The zero-order valence-electron chi connectivity index (χ0n) is 15.0. The standard InChI is InChI=1S/C20H27FN2O2/c1-3-18(22)20(4-2)8-5-14(6-9-20)25-17-11-13-7-10-23-19(24)15(13)12-16(17)21/h7,10-12,14,18H,3-6,8-9,22H2,1-2H3,(H,23,24)/t14-,18-,20-/m1/s1. The molecule has 4 nitrogen and oxygen atoms in total. The molecule has 0 bridgehead atoms. The van der Waals surface area contributed by atoms with Crippen molar-refractivity contribution in [2.75, 3.05) is 0 Å². The molecule has 1 fully saturated rings. The van der Waals surface area contributed by atoms with Crippen LogP contribution in [0.4, 0.5) is 4.39 Å². The van der Waals surface area contributed by atoms with Crippen LogP contribution in [0, 0.1) is 11.2 Å². The van der Waals surface area contributed by atoms with Crippen LogP contribution in [-0.2, 0) is 0 Å². The van der Waals surface area contributed by atoms with Crippen molar-refractivity contribution in [1.82, 2.24) is 4.98 Å². The molecule has 25 heavy (non-hydrogen) atoms. The Morgan fingerprint density at radius 2 is 2.08 bits per heavy atom. The van der Waals surface area contributed by atoms with E-state index in [1.54, 1.807) is 18.3 Å². The first-order valence-corrected chi connectivity index (χ1v) is 9.22. The third-order valence-corrected chi connectivity index (χ3v) is 5.98. The van der Waals surface area contributed by atoms with E-state index in [9.17, 15) is 9.18 Å². The highest BCUT2D eigenvalue weighted by Gasteiger charge is 2.38. The average Bonchev–Trinajstić information content (AvgIpc) is 2.63. The number of hydrogen-bond donors (Lipinski definition) is 2. The largest absolute Gasteiger partial charge is 0.487 e. The fourth-order valence-corrected chi connectivity index (χ4v) is 4.16. The fourth-order valence-electron chi connectivity index (χ4n) is 4.16. The highest BCUT2D eigenvalue weighted by atomic mass is 19.1. The van der Waals surface area contributed by atoms with Crippen LogP contribution in [0.15, 0.2) is 29.2 Å². The van der Waals surface area contributed by atoms with Crippen LogP contribution in [0.25, 0.3) is 10.8 Å². The van der Waals surface area contributed by atoms with Gasteiger partial charge in [0.25, 0.3) is 5.56 Å². The molecule has 1 aromatic heterocycles. The first-order chi connectivity index (χ1) is 12.0. The molecule has 1 saturated carbocycles. The van der Waals surface area contributed by atoms with Crippen LogP contribution < -0.4 is 16.0 Å². The molecule has 3 N–H and O–H groups in total. The van der Waals surface area contributed by atoms with Crippen molar-refractivity contribution in [1.29, 1.82) is 0 Å². The van der Waals surface area contributed by atoms with Crippen molar-refractivity contribution >= 4 is 10.8 Å². The maximum Gasteiger partial charge on any atom is 0.255 e. The van der Waals surface area contributed by atoms with E-state index < -0.39 is 5.82 Å². The Bertz CT molecular complexity index is 794. The van der Waals surface area contributed by atoms with Gasteiger partial charge in [0.1, 0.15) is 0 Å². The number of benzene rings is 1. The number of nitrogens with one attached hydrogen (secondary N) is 1. The number of hydrogen-bond acceptors (Lipinski definition) is 3. The molecule has 0 saturated heterocycles. The Balaban J connectivity index is 1.75. The number of fused-ring (bicyclic) bond motifs is 1. The second-order valence-corrected chi connectivity index (χ2v) is 7.22. The number of H-pyrrole nitrogens is 1. The first-order valence-electron chi connectivity index (χ1n) is 9.22. The van der Waals surface area contributed by atoms with Crippen molar-refractivity contribution in [3.8, 4) is 5.75 Å². The number of pyridine rings is 1. The number of aromatic nitrogens is 1. The second-order valence-electron chi connectivity index (χ2n) is 7.22. The van der Waals surface area contributed by atoms with Crippen LogP contribution in [0.5, 0.6) is 5.75 Å². The van der Waals surface area contributed by atoms with Gasteiger partial charge < -0.3 is 15.5 Å². The van der Waals surface area contributed by atoms with Crippen LogP contribution in [0.2, 0.25) is 0 Å². The summed E-state index contributed by atoms with van der Waals surface area (Å²) < 4.78 is 20.3. The van der Waals surface area contributed by atoms with Gasteiger partial charge in [-0.1, -0.05) is 13.8 Å². The van der Waals surface area contributed by atoms with Gasteiger partial charge in [-0.2, -0.15) is 0 Å². The van der Waals surface area contributed by atoms with E-state index in [-0.39, 0.29) is 28.9 Å². The van der Waals surface area contributed by atoms with Gasteiger partial charge in [0.15, 0.2) is 11.6 Å². The summed E-state index contributed by atoms with van der Waals surface area (Å²) in [4.78, 5) is 14.3. The van der Waals surface area contributed by atoms with Gasteiger partial charge in [-0.15, -0.1) is 0 Å². The topological polar surface area (TPSA) is 68.1 Å². The Hall–Kier alpha value is -1.88. The fraction of sp³-hybridized carbons (Fsp3) is 0.550. The Kier molecular flexibility index (Phi) is 5.13. The lowest BCUT2D eigenvalue weighted by molar-refractivity contribution is 0.0549. The summed E-state index contributed by atoms with van der Waals surface area (Å²) in [5.41, 5.74) is 6.25. The minimum Gasteiger partial charge on any atom is -0.487 e. The monoisotopic (exact) mass is 346 g/mol. The van der Waals surface area contributed by atoms with E-state index in [4.69, 9.17) is 10.5 Å². The summed E-state index contributed by atoms with van der Waals surface area (Å²) in [6.07, 6.45) is 7.40. The van der Waals surface area contributed by atoms with Crippen LogP contribution in [-0.4, -0.2) is 17.1 Å². The molecular formula is C20H27FN2O2. The third kappa shape index (κ3) is 3.43. The Labute approximate surface area is 147 Å². The molecule has 0 amide bonds. The maximum atomic E-state index is 14.4. The predicted molar refractivity (Wildman–Crippen MR) is 98.4 cm³/mol. The van der Waals surface area contributed by atoms with Crippen molar-refractivity contribution < 1.29 is 9.13 Å². The van der Waals surface area contributed by atoms with E-state index in [1.165, 1.54) is 6.07 Å². The van der Waals surface area contributed by atoms with Gasteiger partial charge in [-0.3, -0.25) is 4.79 Å². The van der Waals surface area contributed by atoms with E-state index in [0.29, 0.717) is 10.8 Å². The molecule has 2 aromatic rings. The highest BCUT2D eigenvalue weighted by molar-refractivity contribution is 5.82. The van der Waals surface area contributed by atoms with Crippen molar-refractivity contribution in [2.45, 2.75) is 64.5 Å². The van der Waals surface area contributed by atoms with Gasteiger partial charge in [-0.05, 0) is 67.5 Å². The number of nitrogens with two attached hydrogens (primary N) is 1. The summed E-state index contributed by atoms with van der Waals surface area (Å²) >= 11 is 0. The molecule has 1 heterocycles. The van der Waals surface area contributed by atoms with Gasteiger partial charge in [0, 0.05) is 12.2 Å². The molecule has 1 aliphatic rings. The molecule has 0 unspecified atom stereocenters. The molecule has 1 aromatic carbocycles. The molecule has 0 aliphatic heterocycles. The zero-order valence-corrected chi connectivity index (χ0v) is 15.0. The summed E-state index contributed by atoms with van der Waals surface area (Å²) in [7, 11) is 0. The maximum absolute atomic E-state index is 14.4. The van der Waals surface area contributed by atoms with Gasteiger partial charge in [0.2, 0.25) is 0 Å². The number of rotatable bonds is 5. The van der Waals surface area contributed by atoms with Gasteiger partial charge in [0.05, 0.1) is 11.5 Å². The molecular weight excluding hydrogens is 319 g/mol. The Morgan fingerprint density at radius 3 is 2.72 bits per heavy atom. The van der Waals surface area contributed by atoms with E-state index in [0.717, 1.165) is 38.5 Å². The number of halogens is 1. The van der Waals surface area contributed by atoms with Crippen LogP contribution >= 0.6 is 0 Å². The minimum atomic E-state index is -0.484. The normalized spacial score (nSPS) is 25.0. The second kappa shape index (κ2) is 7.16. The number of ether oxygens (including phenoxy) is 1. The summed E-state index contributed by atoms with van der Waals surface area (Å²) in [6, 6.07) is 4.85. The molecule has 0 spiro atoms. The van der Waals surface area contributed by atoms with Crippen molar-refractivity contribution in [3.63, 3.8) is 0 Å². The average molecular weight is 346 g/mol.